The van der Waals surface area contributed by atoms with E-state index >= 15 is 0 Å². The fourth-order valence-electron chi connectivity index (χ4n) is 1.000. The van der Waals surface area contributed by atoms with Gasteiger partial charge in [-0.1, -0.05) is 38.8 Å². The number of allylic oxidation sites excluding steroid dienone is 1. The van der Waals surface area contributed by atoms with Crippen molar-refractivity contribution in [3.05, 3.63) is 19.1 Å². The molecule has 0 atom stereocenters. The highest BCUT2D eigenvalue weighted by molar-refractivity contribution is 4.93. The summed E-state index contributed by atoms with van der Waals surface area (Å²) < 4.78 is 0. The number of hydrogen-bond acceptors (Lipinski definition) is 0. The first kappa shape index (κ1) is 9.74. The molecule has 1 radical (unpaired) electrons. The molecule has 0 spiro atoms. The van der Waals surface area contributed by atoms with Gasteiger partial charge in [0.15, 0.2) is 0 Å². The zero-order valence-corrected chi connectivity index (χ0v) is 7.16. The second-order valence-electron chi connectivity index (χ2n) is 2.81. The van der Waals surface area contributed by atoms with E-state index in [4.69, 9.17) is 0 Å². The lowest BCUT2D eigenvalue weighted by Gasteiger charge is -2.01. The van der Waals surface area contributed by atoms with Crippen molar-refractivity contribution in [2.24, 2.45) is 0 Å². The first-order valence-electron chi connectivity index (χ1n) is 4.27. The quantitative estimate of drug-likeness (QED) is 0.388. The summed E-state index contributed by atoms with van der Waals surface area (Å²) in [4.78, 5) is 0. The molecule has 0 aliphatic heterocycles. The van der Waals surface area contributed by atoms with Gasteiger partial charge in [0.1, 0.15) is 0 Å². The van der Waals surface area contributed by atoms with Crippen LogP contribution in [0.3, 0.4) is 0 Å². The Morgan fingerprint density at radius 3 is 2.40 bits per heavy atom. The summed E-state index contributed by atoms with van der Waals surface area (Å²) in [6.07, 6.45) is 7.29. The molecule has 59 valence electrons. The van der Waals surface area contributed by atoms with Crippen molar-refractivity contribution in [2.45, 2.75) is 45.4 Å². The first-order chi connectivity index (χ1) is 4.81. The fourth-order valence-corrected chi connectivity index (χ4v) is 1.000. The molecule has 0 heterocycles. The highest BCUT2D eigenvalue weighted by atomic mass is 14.0. The van der Waals surface area contributed by atoms with Gasteiger partial charge in [0.05, 0.1) is 0 Å². The third-order valence-corrected chi connectivity index (χ3v) is 1.66. The monoisotopic (exact) mass is 139 g/mol. The van der Waals surface area contributed by atoms with Crippen molar-refractivity contribution in [3.8, 4) is 0 Å². The van der Waals surface area contributed by atoms with Crippen LogP contribution in [0, 0.1) is 6.92 Å². The Balaban J connectivity index is 3.05. The van der Waals surface area contributed by atoms with Crippen LogP contribution in [0.1, 0.15) is 45.4 Å². The van der Waals surface area contributed by atoms with E-state index in [-0.39, 0.29) is 0 Å². The minimum atomic E-state index is 1.00. The lowest BCUT2D eigenvalue weighted by molar-refractivity contribution is 0.698. The molecule has 0 N–H and O–H groups in total. The van der Waals surface area contributed by atoms with Gasteiger partial charge in [-0.25, -0.2) is 0 Å². The van der Waals surface area contributed by atoms with Crippen LogP contribution in [0.25, 0.3) is 0 Å². The van der Waals surface area contributed by atoms with E-state index in [1.807, 2.05) is 0 Å². The van der Waals surface area contributed by atoms with Crippen molar-refractivity contribution in [3.63, 3.8) is 0 Å². The highest BCUT2D eigenvalue weighted by Gasteiger charge is 1.91. The Morgan fingerprint density at radius 1 is 1.20 bits per heavy atom. The molecule has 10 heavy (non-hydrogen) atoms. The summed E-state index contributed by atoms with van der Waals surface area (Å²) in [6, 6.07) is 0. The van der Waals surface area contributed by atoms with Crippen molar-refractivity contribution in [1.29, 1.82) is 0 Å². The molecular weight excluding hydrogens is 120 g/mol. The average Bonchev–Trinajstić information content (AvgIpc) is 1.89. The zero-order valence-electron chi connectivity index (χ0n) is 7.16. The molecule has 0 aliphatic rings. The van der Waals surface area contributed by atoms with Crippen LogP contribution < -0.4 is 0 Å². The van der Waals surface area contributed by atoms with Crippen LogP contribution in [0.5, 0.6) is 0 Å². The number of unbranched alkanes of at least 4 members (excludes halogenated alkanes) is 2. The van der Waals surface area contributed by atoms with E-state index in [1.165, 1.54) is 31.3 Å². The Morgan fingerprint density at radius 2 is 1.90 bits per heavy atom. The van der Waals surface area contributed by atoms with Gasteiger partial charge in [-0.15, -0.1) is 0 Å². The maximum atomic E-state index is 3.98. The van der Waals surface area contributed by atoms with Gasteiger partial charge >= 0.3 is 0 Å². The molecule has 0 nitrogen and oxygen atoms in total. The number of rotatable bonds is 6. The summed E-state index contributed by atoms with van der Waals surface area (Å²) >= 11 is 0. The lowest BCUT2D eigenvalue weighted by Crippen LogP contribution is -1.81. The topological polar surface area (TPSA) is 0 Å². The summed E-state index contributed by atoms with van der Waals surface area (Å²) in [5.74, 6) is 0. The molecule has 0 unspecified atom stereocenters. The Hall–Kier alpha value is -0.260. The van der Waals surface area contributed by atoms with E-state index in [1.54, 1.807) is 0 Å². The van der Waals surface area contributed by atoms with Crippen LogP contribution in [0.2, 0.25) is 0 Å². The fraction of sp³-hybridized carbons (Fsp3) is 0.700. The van der Waals surface area contributed by atoms with E-state index in [0.717, 1.165) is 12.8 Å². The third kappa shape index (κ3) is 5.87. The smallest absolute Gasteiger partial charge is 0.0323 e. The second-order valence-corrected chi connectivity index (χ2v) is 2.81. The maximum absolute atomic E-state index is 3.98. The molecular formula is C10H19. The largest absolute Gasteiger partial charge is 0.0999 e. The van der Waals surface area contributed by atoms with Gasteiger partial charge in [0.25, 0.3) is 0 Å². The Bertz CT molecular complexity index is 82.0. The van der Waals surface area contributed by atoms with E-state index in [2.05, 4.69) is 20.4 Å². The molecule has 0 fully saturated rings. The van der Waals surface area contributed by atoms with Gasteiger partial charge in [-0.2, -0.15) is 0 Å². The maximum Gasteiger partial charge on any atom is -0.0323 e. The van der Waals surface area contributed by atoms with Gasteiger partial charge in [-0.05, 0) is 25.7 Å². The van der Waals surface area contributed by atoms with Crippen molar-refractivity contribution < 1.29 is 0 Å². The molecule has 0 aromatic heterocycles. The predicted molar refractivity (Wildman–Crippen MR) is 47.9 cm³/mol. The standard InChI is InChI=1S/C10H19/c1-4-6-7-9-10(3)8-5-2/h2-9H2,1H3. The summed E-state index contributed by atoms with van der Waals surface area (Å²) in [6.45, 7) is 10.00. The Kier molecular flexibility index (Phi) is 6.68. The first-order valence-corrected chi connectivity index (χ1v) is 4.27. The van der Waals surface area contributed by atoms with E-state index < -0.39 is 0 Å². The van der Waals surface area contributed by atoms with Gasteiger partial charge in [0.2, 0.25) is 0 Å². The molecule has 0 rings (SSSR count). The Labute approximate surface area is 65.3 Å². The van der Waals surface area contributed by atoms with Crippen LogP contribution in [0.4, 0.5) is 0 Å². The second kappa shape index (κ2) is 6.85. The minimum Gasteiger partial charge on any atom is -0.0999 e. The molecule has 0 heteroatoms. The van der Waals surface area contributed by atoms with E-state index in [0.29, 0.717) is 0 Å². The molecule has 0 saturated heterocycles. The summed E-state index contributed by atoms with van der Waals surface area (Å²) in [7, 11) is 0. The highest BCUT2D eigenvalue weighted by Crippen LogP contribution is 2.11. The van der Waals surface area contributed by atoms with Crippen molar-refractivity contribution in [2.75, 3.05) is 0 Å². The van der Waals surface area contributed by atoms with Gasteiger partial charge < -0.3 is 0 Å². The van der Waals surface area contributed by atoms with Crippen molar-refractivity contribution in [1.82, 2.24) is 0 Å². The minimum absolute atomic E-state index is 1.00. The summed E-state index contributed by atoms with van der Waals surface area (Å²) in [5, 5.41) is 0. The zero-order chi connectivity index (χ0) is 7.82. The lowest BCUT2D eigenvalue weighted by atomic mass is 10.1. The predicted octanol–water partition coefficient (Wildman–Crippen LogP) is 3.74. The molecule has 0 amide bonds. The number of hydrogen-bond donors (Lipinski definition) is 0. The van der Waals surface area contributed by atoms with Crippen LogP contribution >= 0.6 is 0 Å². The van der Waals surface area contributed by atoms with Crippen LogP contribution in [-0.2, 0) is 0 Å². The van der Waals surface area contributed by atoms with E-state index in [9.17, 15) is 0 Å². The summed E-state index contributed by atoms with van der Waals surface area (Å²) in [5.41, 5.74) is 1.38. The van der Waals surface area contributed by atoms with Gasteiger partial charge in [-0.3, -0.25) is 0 Å². The van der Waals surface area contributed by atoms with Crippen molar-refractivity contribution >= 4 is 0 Å². The molecule has 0 saturated carbocycles. The third-order valence-electron chi connectivity index (χ3n) is 1.66. The molecule has 0 bridgehead atoms. The van der Waals surface area contributed by atoms with Crippen LogP contribution in [0.15, 0.2) is 12.2 Å². The van der Waals surface area contributed by atoms with Gasteiger partial charge in [0, 0.05) is 0 Å². The average molecular weight is 139 g/mol. The molecule has 0 aromatic rings. The van der Waals surface area contributed by atoms with Crippen LogP contribution in [-0.4, -0.2) is 0 Å². The normalized spacial score (nSPS) is 9.80. The molecule has 0 aromatic carbocycles. The SMILES string of the molecule is [CH2]CCC(=C)CCCCC. The molecule has 0 aliphatic carbocycles.